The van der Waals surface area contributed by atoms with Crippen molar-refractivity contribution in [1.82, 2.24) is 0 Å². The van der Waals surface area contributed by atoms with Crippen LogP contribution in [0.15, 0.2) is 24.3 Å². The molecule has 1 aliphatic heterocycles. The molecule has 15 heavy (non-hydrogen) atoms. The molecule has 0 fully saturated rings. The number of allylic oxidation sites excluding steroid dienone is 1. The lowest BCUT2D eigenvalue weighted by Gasteiger charge is -1.97. The van der Waals surface area contributed by atoms with Crippen molar-refractivity contribution in [3.63, 3.8) is 0 Å². The smallest absolute Gasteiger partial charge is 0.256 e. The molecule has 0 unspecified atom stereocenters. The molecular weight excluding hydrogens is 214 g/mol. The quantitative estimate of drug-likeness (QED) is 0.740. The highest BCUT2D eigenvalue weighted by Crippen LogP contribution is 2.33. The summed E-state index contributed by atoms with van der Waals surface area (Å²) in [4.78, 5) is 22.5. The third-order valence-corrected chi connectivity index (χ3v) is 2.35. The highest BCUT2D eigenvalue weighted by molar-refractivity contribution is 6.36. The summed E-state index contributed by atoms with van der Waals surface area (Å²) in [5, 5.41) is 3.20. The zero-order valence-corrected chi connectivity index (χ0v) is 8.76. The molecule has 1 amide bonds. The van der Waals surface area contributed by atoms with Crippen LogP contribution in [0.2, 0.25) is 5.02 Å². The van der Waals surface area contributed by atoms with Gasteiger partial charge in [0.25, 0.3) is 5.91 Å². The van der Waals surface area contributed by atoms with E-state index in [0.717, 1.165) is 0 Å². The number of ketones is 1. The Labute approximate surface area is 91.7 Å². The molecule has 0 saturated carbocycles. The minimum Gasteiger partial charge on any atom is -0.321 e. The number of hydrogen-bond donors (Lipinski definition) is 1. The minimum atomic E-state index is -0.262. The van der Waals surface area contributed by atoms with E-state index < -0.39 is 0 Å². The van der Waals surface area contributed by atoms with Crippen LogP contribution in [0.3, 0.4) is 0 Å². The van der Waals surface area contributed by atoms with Crippen LogP contribution in [-0.2, 0) is 9.59 Å². The Morgan fingerprint density at radius 1 is 1.47 bits per heavy atom. The van der Waals surface area contributed by atoms with Gasteiger partial charge < -0.3 is 5.32 Å². The number of rotatable bonds is 1. The summed E-state index contributed by atoms with van der Waals surface area (Å²) in [7, 11) is 0. The molecule has 1 N–H and O–H groups in total. The van der Waals surface area contributed by atoms with E-state index in [9.17, 15) is 9.59 Å². The van der Waals surface area contributed by atoms with Gasteiger partial charge in [0.05, 0.1) is 5.57 Å². The first-order chi connectivity index (χ1) is 7.08. The molecule has 1 heterocycles. The predicted molar refractivity (Wildman–Crippen MR) is 58.7 cm³/mol. The summed E-state index contributed by atoms with van der Waals surface area (Å²) in [6.07, 6.45) is 1.32. The van der Waals surface area contributed by atoms with Crippen molar-refractivity contribution in [1.29, 1.82) is 0 Å². The second-order valence-electron chi connectivity index (χ2n) is 3.31. The molecule has 0 bridgehead atoms. The van der Waals surface area contributed by atoms with Crippen molar-refractivity contribution >= 4 is 34.6 Å². The first-order valence-electron chi connectivity index (χ1n) is 4.41. The van der Waals surface area contributed by atoms with E-state index in [4.69, 9.17) is 11.6 Å². The maximum absolute atomic E-state index is 11.5. The van der Waals surface area contributed by atoms with Gasteiger partial charge in [0.1, 0.15) is 0 Å². The van der Waals surface area contributed by atoms with E-state index in [-0.39, 0.29) is 11.7 Å². The van der Waals surface area contributed by atoms with Gasteiger partial charge in [-0.05, 0) is 31.2 Å². The molecule has 1 aromatic rings. The normalized spacial score (nSPS) is 16.4. The number of anilines is 1. The van der Waals surface area contributed by atoms with Gasteiger partial charge in [0.2, 0.25) is 0 Å². The van der Waals surface area contributed by atoms with Gasteiger partial charge >= 0.3 is 0 Å². The topological polar surface area (TPSA) is 46.2 Å². The Bertz CT molecular complexity index is 491. The second-order valence-corrected chi connectivity index (χ2v) is 3.75. The summed E-state index contributed by atoms with van der Waals surface area (Å²) >= 11 is 5.82. The third-order valence-electron chi connectivity index (χ3n) is 2.11. The molecule has 0 aromatic heterocycles. The first kappa shape index (κ1) is 9.93. The number of halogens is 1. The van der Waals surface area contributed by atoms with Crippen LogP contribution in [0.25, 0.3) is 5.57 Å². The summed E-state index contributed by atoms with van der Waals surface area (Å²) in [5.74, 6) is -0.421. The Morgan fingerprint density at radius 3 is 2.87 bits per heavy atom. The Kier molecular flexibility index (Phi) is 2.32. The highest BCUT2D eigenvalue weighted by Gasteiger charge is 2.24. The van der Waals surface area contributed by atoms with E-state index in [1.165, 1.54) is 13.0 Å². The molecule has 0 aliphatic carbocycles. The van der Waals surface area contributed by atoms with Crippen molar-refractivity contribution in [3.05, 3.63) is 34.9 Å². The average molecular weight is 222 g/mol. The number of amides is 1. The fourth-order valence-corrected chi connectivity index (χ4v) is 1.68. The van der Waals surface area contributed by atoms with Gasteiger partial charge in [0.15, 0.2) is 5.78 Å². The Balaban J connectivity index is 2.58. The fraction of sp³-hybridized carbons (Fsp3) is 0.0909. The lowest BCUT2D eigenvalue weighted by Crippen LogP contribution is -2.04. The number of carbonyl (C=O) groups excluding carboxylic acids is 2. The molecule has 0 saturated heterocycles. The molecule has 3 nitrogen and oxygen atoms in total. The number of fused-ring (bicyclic) bond motifs is 1. The number of carbonyl (C=O) groups is 2. The maximum Gasteiger partial charge on any atom is 0.256 e. The van der Waals surface area contributed by atoms with E-state index in [0.29, 0.717) is 21.8 Å². The zero-order valence-electron chi connectivity index (χ0n) is 8.00. The van der Waals surface area contributed by atoms with Crippen molar-refractivity contribution in [2.75, 3.05) is 5.32 Å². The van der Waals surface area contributed by atoms with Gasteiger partial charge in [-0.1, -0.05) is 11.6 Å². The van der Waals surface area contributed by atoms with Crippen LogP contribution in [-0.4, -0.2) is 11.7 Å². The van der Waals surface area contributed by atoms with E-state index in [1.807, 2.05) is 0 Å². The summed E-state index contributed by atoms with van der Waals surface area (Å²) in [6.45, 7) is 1.41. The predicted octanol–water partition coefficient (Wildman–Crippen LogP) is 2.26. The van der Waals surface area contributed by atoms with Crippen LogP contribution in [0, 0.1) is 0 Å². The first-order valence-corrected chi connectivity index (χ1v) is 4.79. The molecule has 0 radical (unpaired) electrons. The lowest BCUT2D eigenvalue weighted by atomic mass is 10.1. The molecule has 0 spiro atoms. The number of benzene rings is 1. The van der Waals surface area contributed by atoms with Gasteiger partial charge in [-0.15, -0.1) is 0 Å². The minimum absolute atomic E-state index is 0.159. The van der Waals surface area contributed by atoms with E-state index in [1.54, 1.807) is 18.2 Å². The number of nitrogens with one attached hydrogen (secondary N) is 1. The van der Waals surface area contributed by atoms with Gasteiger partial charge in [-0.3, -0.25) is 9.59 Å². The van der Waals surface area contributed by atoms with Crippen LogP contribution in [0.1, 0.15) is 12.5 Å². The van der Waals surface area contributed by atoms with Crippen molar-refractivity contribution in [2.24, 2.45) is 0 Å². The second kappa shape index (κ2) is 3.51. The monoisotopic (exact) mass is 221 g/mol. The third kappa shape index (κ3) is 1.78. The highest BCUT2D eigenvalue weighted by atomic mass is 35.5. The average Bonchev–Trinajstić information content (AvgIpc) is 2.43. The van der Waals surface area contributed by atoms with Crippen LogP contribution in [0.5, 0.6) is 0 Å². The van der Waals surface area contributed by atoms with Crippen molar-refractivity contribution in [3.8, 4) is 0 Å². The SMILES string of the molecule is CC(=O)/C=C1/C(=O)Nc2ccc(Cl)cc21. The van der Waals surface area contributed by atoms with Crippen LogP contribution in [0.4, 0.5) is 5.69 Å². The largest absolute Gasteiger partial charge is 0.321 e. The molecule has 1 aromatic carbocycles. The summed E-state index contributed by atoms with van der Waals surface area (Å²) in [5.41, 5.74) is 1.75. The molecule has 4 heteroatoms. The Hall–Kier alpha value is -1.61. The van der Waals surface area contributed by atoms with Gasteiger partial charge in [0, 0.05) is 16.3 Å². The molecule has 2 rings (SSSR count). The van der Waals surface area contributed by atoms with Gasteiger partial charge in [-0.2, -0.15) is 0 Å². The lowest BCUT2D eigenvalue weighted by molar-refractivity contribution is -0.113. The fourth-order valence-electron chi connectivity index (χ4n) is 1.51. The summed E-state index contributed by atoms with van der Waals surface area (Å²) in [6, 6.07) is 5.08. The molecule has 76 valence electrons. The van der Waals surface area contributed by atoms with Crippen molar-refractivity contribution < 1.29 is 9.59 Å². The Morgan fingerprint density at radius 2 is 2.20 bits per heavy atom. The standard InChI is InChI=1S/C11H8ClNO2/c1-6(14)4-9-8-5-7(12)2-3-10(8)13-11(9)15/h2-5H,1H3,(H,13,15)/b9-4+. The molecule has 0 atom stereocenters. The van der Waals surface area contributed by atoms with E-state index in [2.05, 4.69) is 5.32 Å². The van der Waals surface area contributed by atoms with Gasteiger partial charge in [-0.25, -0.2) is 0 Å². The molecular formula is C11H8ClNO2. The van der Waals surface area contributed by atoms with Crippen LogP contribution < -0.4 is 5.32 Å². The van der Waals surface area contributed by atoms with E-state index >= 15 is 0 Å². The van der Waals surface area contributed by atoms with Crippen LogP contribution >= 0.6 is 11.6 Å². The summed E-state index contributed by atoms with van der Waals surface area (Å²) < 4.78 is 0. The molecule has 1 aliphatic rings. The number of hydrogen-bond acceptors (Lipinski definition) is 2. The van der Waals surface area contributed by atoms with Crippen molar-refractivity contribution in [2.45, 2.75) is 6.92 Å². The maximum atomic E-state index is 11.5. The zero-order chi connectivity index (χ0) is 11.0.